The highest BCUT2D eigenvalue weighted by Crippen LogP contribution is 2.31. The van der Waals surface area contributed by atoms with Crippen molar-refractivity contribution in [3.8, 4) is 0 Å². The Morgan fingerprint density at radius 2 is 1.97 bits per heavy atom. The molecule has 0 bridgehead atoms. The van der Waals surface area contributed by atoms with E-state index in [1.807, 2.05) is 12.1 Å². The van der Waals surface area contributed by atoms with Crippen molar-refractivity contribution in [2.45, 2.75) is 0 Å². The molecule has 0 saturated carbocycles. The van der Waals surface area contributed by atoms with Gasteiger partial charge in [0.15, 0.2) is 5.13 Å². The van der Waals surface area contributed by atoms with Crippen LogP contribution in [0, 0.1) is 5.82 Å². The summed E-state index contributed by atoms with van der Waals surface area (Å²) in [4.78, 5) is 26.4. The van der Waals surface area contributed by atoms with E-state index >= 15 is 0 Å². The van der Waals surface area contributed by atoms with Crippen LogP contribution in [-0.2, 0) is 4.74 Å². The quantitative estimate of drug-likeness (QED) is 0.467. The van der Waals surface area contributed by atoms with E-state index in [0.29, 0.717) is 36.0 Å². The molecule has 0 radical (unpaired) electrons. The lowest BCUT2D eigenvalue weighted by Gasteiger charge is -2.29. The molecule has 5 rings (SSSR count). The number of aromatic nitrogens is 2. The summed E-state index contributed by atoms with van der Waals surface area (Å²) in [6.45, 7) is 4.33. The number of carbonyl (C=O) groups excluding carboxylic acids is 1. The first-order valence-corrected chi connectivity index (χ1v) is 11.4. The fourth-order valence-corrected chi connectivity index (χ4v) is 5.23. The third-order valence-electron chi connectivity index (χ3n) is 5.14. The Kier molecular flexibility index (Phi) is 5.43. The number of carbonyl (C=O) groups is 1. The number of nitrogens with zero attached hydrogens (tertiary/aromatic N) is 4. The lowest BCUT2D eigenvalue weighted by molar-refractivity contribution is 0.0391. The fraction of sp³-hybridized carbons (Fsp3) is 0.286. The molecule has 1 aliphatic rings. The van der Waals surface area contributed by atoms with Gasteiger partial charge in [0.05, 0.1) is 39.2 Å². The van der Waals surface area contributed by atoms with Crippen LogP contribution in [0.3, 0.4) is 0 Å². The highest BCUT2D eigenvalue weighted by molar-refractivity contribution is 7.22. The molecule has 9 heteroatoms. The van der Waals surface area contributed by atoms with Gasteiger partial charge in [0.2, 0.25) is 0 Å². The largest absolute Gasteiger partial charge is 0.379 e. The van der Waals surface area contributed by atoms with Crippen LogP contribution in [0.15, 0.2) is 41.9 Å². The first kappa shape index (κ1) is 19.5. The lowest BCUT2D eigenvalue weighted by Crippen LogP contribution is -2.43. The standard InChI is InChI=1S/C21H19FN4O2S2/c22-15-2-4-17-19(12-15)30-21(24-17)26(6-5-25-7-9-28-10-8-25)20(27)14-1-3-16-18(11-14)29-13-23-16/h1-4,11-13H,5-10H2. The number of anilines is 1. The smallest absolute Gasteiger partial charge is 0.260 e. The van der Waals surface area contributed by atoms with Crippen molar-refractivity contribution < 1.29 is 13.9 Å². The highest BCUT2D eigenvalue weighted by atomic mass is 32.1. The maximum Gasteiger partial charge on any atom is 0.260 e. The summed E-state index contributed by atoms with van der Waals surface area (Å²) < 4.78 is 20.8. The number of amides is 1. The number of halogens is 1. The Labute approximate surface area is 180 Å². The minimum Gasteiger partial charge on any atom is -0.379 e. The van der Waals surface area contributed by atoms with Crippen LogP contribution >= 0.6 is 22.7 Å². The second-order valence-electron chi connectivity index (χ2n) is 7.05. The molecule has 0 N–H and O–H groups in total. The van der Waals surface area contributed by atoms with Gasteiger partial charge in [-0.25, -0.2) is 14.4 Å². The van der Waals surface area contributed by atoms with Gasteiger partial charge in [-0.15, -0.1) is 11.3 Å². The Balaban J connectivity index is 1.47. The van der Waals surface area contributed by atoms with Crippen molar-refractivity contribution in [2.75, 3.05) is 44.3 Å². The number of morpholine rings is 1. The van der Waals surface area contributed by atoms with Crippen molar-refractivity contribution in [1.29, 1.82) is 0 Å². The number of hydrogen-bond acceptors (Lipinski definition) is 7. The van der Waals surface area contributed by atoms with E-state index in [1.165, 1.54) is 34.8 Å². The topological polar surface area (TPSA) is 58.6 Å². The fourth-order valence-electron chi connectivity index (χ4n) is 3.50. The van der Waals surface area contributed by atoms with E-state index in [4.69, 9.17) is 4.74 Å². The molecular formula is C21H19FN4O2S2. The van der Waals surface area contributed by atoms with E-state index in [0.717, 1.165) is 34.6 Å². The van der Waals surface area contributed by atoms with Gasteiger partial charge in [0, 0.05) is 31.7 Å². The molecule has 2 aromatic heterocycles. The average Bonchev–Trinajstić information content (AvgIpc) is 3.40. The first-order chi connectivity index (χ1) is 14.7. The van der Waals surface area contributed by atoms with Crippen LogP contribution < -0.4 is 4.90 Å². The molecule has 0 atom stereocenters. The Bertz CT molecular complexity index is 1200. The molecular weight excluding hydrogens is 423 g/mol. The zero-order chi connectivity index (χ0) is 20.5. The van der Waals surface area contributed by atoms with Crippen LogP contribution in [0.25, 0.3) is 20.4 Å². The number of hydrogen-bond donors (Lipinski definition) is 0. The van der Waals surface area contributed by atoms with E-state index < -0.39 is 0 Å². The van der Waals surface area contributed by atoms with Crippen molar-refractivity contribution >= 4 is 54.1 Å². The number of rotatable bonds is 5. The number of benzene rings is 2. The molecule has 1 saturated heterocycles. The van der Waals surface area contributed by atoms with Gasteiger partial charge >= 0.3 is 0 Å². The van der Waals surface area contributed by atoms with E-state index in [-0.39, 0.29) is 11.7 Å². The van der Waals surface area contributed by atoms with Gasteiger partial charge in [-0.1, -0.05) is 11.3 Å². The average molecular weight is 443 g/mol. The van der Waals surface area contributed by atoms with Crippen molar-refractivity contribution in [3.05, 3.63) is 53.3 Å². The Morgan fingerprint density at radius 1 is 1.13 bits per heavy atom. The van der Waals surface area contributed by atoms with Gasteiger partial charge in [-0.3, -0.25) is 14.6 Å². The van der Waals surface area contributed by atoms with Crippen LogP contribution in [0.5, 0.6) is 0 Å². The molecule has 6 nitrogen and oxygen atoms in total. The third-order valence-corrected chi connectivity index (χ3v) is 6.97. The highest BCUT2D eigenvalue weighted by Gasteiger charge is 2.23. The maximum atomic E-state index is 13.7. The first-order valence-electron chi connectivity index (χ1n) is 9.69. The normalized spacial score (nSPS) is 15.1. The second-order valence-corrected chi connectivity index (χ2v) is 8.95. The number of ether oxygens (including phenoxy) is 1. The van der Waals surface area contributed by atoms with Crippen molar-refractivity contribution in [3.63, 3.8) is 0 Å². The predicted octanol–water partition coefficient (Wildman–Crippen LogP) is 4.02. The molecule has 0 unspecified atom stereocenters. The van der Waals surface area contributed by atoms with Crippen LogP contribution in [-0.4, -0.2) is 60.2 Å². The zero-order valence-electron chi connectivity index (χ0n) is 16.1. The molecule has 2 aromatic carbocycles. The summed E-state index contributed by atoms with van der Waals surface area (Å²) in [5, 5.41) is 0.582. The lowest BCUT2D eigenvalue weighted by atomic mass is 10.2. The van der Waals surface area contributed by atoms with Gasteiger partial charge in [0.25, 0.3) is 5.91 Å². The van der Waals surface area contributed by atoms with Crippen LogP contribution in [0.4, 0.5) is 9.52 Å². The van der Waals surface area contributed by atoms with Gasteiger partial charge in [-0.05, 0) is 36.4 Å². The number of thiazole rings is 2. The molecule has 1 aliphatic heterocycles. The minimum atomic E-state index is -0.306. The van der Waals surface area contributed by atoms with Crippen molar-refractivity contribution in [1.82, 2.24) is 14.9 Å². The SMILES string of the molecule is O=C(c1ccc2ncsc2c1)N(CCN1CCOCC1)c1nc2ccc(F)cc2s1. The molecule has 1 fully saturated rings. The second kappa shape index (κ2) is 8.35. The summed E-state index contributed by atoms with van der Waals surface area (Å²) in [5.41, 5.74) is 3.95. The molecule has 0 spiro atoms. The predicted molar refractivity (Wildman–Crippen MR) is 118 cm³/mol. The number of fused-ring (bicyclic) bond motifs is 2. The van der Waals surface area contributed by atoms with E-state index in [2.05, 4.69) is 14.9 Å². The van der Waals surface area contributed by atoms with Gasteiger partial charge in [-0.2, -0.15) is 0 Å². The monoisotopic (exact) mass is 442 g/mol. The minimum absolute atomic E-state index is 0.113. The zero-order valence-corrected chi connectivity index (χ0v) is 17.7. The van der Waals surface area contributed by atoms with Gasteiger partial charge < -0.3 is 4.74 Å². The maximum absolute atomic E-state index is 13.7. The summed E-state index contributed by atoms with van der Waals surface area (Å²) in [6.07, 6.45) is 0. The Hall–Kier alpha value is -2.46. The summed E-state index contributed by atoms with van der Waals surface area (Å²) in [7, 11) is 0. The van der Waals surface area contributed by atoms with Crippen LogP contribution in [0.2, 0.25) is 0 Å². The molecule has 3 heterocycles. The molecule has 1 amide bonds. The van der Waals surface area contributed by atoms with Gasteiger partial charge in [0.1, 0.15) is 5.82 Å². The molecule has 4 aromatic rings. The van der Waals surface area contributed by atoms with E-state index in [1.54, 1.807) is 22.5 Å². The Morgan fingerprint density at radius 3 is 2.83 bits per heavy atom. The molecule has 30 heavy (non-hydrogen) atoms. The third kappa shape index (κ3) is 3.93. The molecule has 154 valence electrons. The summed E-state index contributed by atoms with van der Waals surface area (Å²) >= 11 is 2.84. The van der Waals surface area contributed by atoms with Crippen molar-refractivity contribution in [2.24, 2.45) is 0 Å². The van der Waals surface area contributed by atoms with E-state index in [9.17, 15) is 9.18 Å². The van der Waals surface area contributed by atoms with Crippen LogP contribution in [0.1, 0.15) is 10.4 Å². The summed E-state index contributed by atoms with van der Waals surface area (Å²) in [6, 6.07) is 10.1. The molecule has 0 aliphatic carbocycles. The summed E-state index contributed by atoms with van der Waals surface area (Å²) in [5.74, 6) is -0.419.